The van der Waals surface area contributed by atoms with Crippen LogP contribution in [0.1, 0.15) is 39.4 Å². The van der Waals surface area contributed by atoms with Gasteiger partial charge in [0.2, 0.25) is 5.91 Å². The Morgan fingerprint density at radius 1 is 1.40 bits per heavy atom. The molecule has 0 radical (unpaired) electrons. The van der Waals surface area contributed by atoms with Crippen molar-refractivity contribution in [3.8, 4) is 0 Å². The van der Waals surface area contributed by atoms with E-state index in [1.165, 1.54) is 0 Å². The monoisotopic (exact) mass is 281 g/mol. The van der Waals surface area contributed by atoms with Gasteiger partial charge >= 0.3 is 0 Å². The highest BCUT2D eigenvalue weighted by atomic mass is 16.5. The van der Waals surface area contributed by atoms with Crippen LogP contribution in [0.25, 0.3) is 0 Å². The Labute approximate surface area is 121 Å². The lowest BCUT2D eigenvalue weighted by atomic mass is 10.2. The summed E-state index contributed by atoms with van der Waals surface area (Å²) in [5.41, 5.74) is 0.829. The Balaban J connectivity index is 2.63. The number of nitrogens with zero attached hydrogens (tertiary/aromatic N) is 3. The van der Waals surface area contributed by atoms with E-state index in [4.69, 9.17) is 4.74 Å². The van der Waals surface area contributed by atoms with Gasteiger partial charge in [0.1, 0.15) is 0 Å². The van der Waals surface area contributed by atoms with Gasteiger partial charge in [-0.05, 0) is 25.8 Å². The van der Waals surface area contributed by atoms with Gasteiger partial charge in [-0.2, -0.15) is 5.10 Å². The molecule has 1 heterocycles. The third-order valence-corrected chi connectivity index (χ3v) is 3.03. The molecule has 0 aliphatic heterocycles. The molecule has 1 aromatic rings. The molecule has 5 nitrogen and oxygen atoms in total. The number of carbonyl (C=O) groups is 1. The number of hydrogen-bond donors (Lipinski definition) is 0. The lowest BCUT2D eigenvalue weighted by Gasteiger charge is -2.24. The van der Waals surface area contributed by atoms with Crippen LogP contribution in [0, 0.1) is 5.92 Å². The van der Waals surface area contributed by atoms with Crippen LogP contribution in [0.15, 0.2) is 12.3 Å². The Hall–Kier alpha value is -1.36. The van der Waals surface area contributed by atoms with Crippen molar-refractivity contribution in [3.05, 3.63) is 18.0 Å². The first-order valence-electron chi connectivity index (χ1n) is 7.24. The van der Waals surface area contributed by atoms with Crippen LogP contribution < -0.4 is 0 Å². The molecule has 0 fully saturated rings. The highest BCUT2D eigenvalue weighted by Crippen LogP contribution is 2.07. The molecule has 0 aromatic carbocycles. The largest absolute Gasteiger partial charge is 0.383 e. The molecule has 0 atom stereocenters. The predicted molar refractivity (Wildman–Crippen MR) is 79.6 cm³/mol. The van der Waals surface area contributed by atoms with Crippen LogP contribution in [0.5, 0.6) is 0 Å². The summed E-state index contributed by atoms with van der Waals surface area (Å²) in [6, 6.07) is 2.24. The molecule has 0 aliphatic carbocycles. The van der Waals surface area contributed by atoms with Gasteiger partial charge in [0, 0.05) is 32.4 Å². The zero-order valence-corrected chi connectivity index (χ0v) is 13.3. The van der Waals surface area contributed by atoms with Crippen molar-refractivity contribution in [1.29, 1.82) is 0 Å². The van der Waals surface area contributed by atoms with Crippen LogP contribution in [0.2, 0.25) is 0 Å². The first-order valence-corrected chi connectivity index (χ1v) is 7.24. The zero-order valence-electron chi connectivity index (χ0n) is 13.3. The predicted octanol–water partition coefficient (Wildman–Crippen LogP) is 2.14. The number of methoxy groups -OCH3 is 1. The van der Waals surface area contributed by atoms with E-state index in [1.54, 1.807) is 7.11 Å². The van der Waals surface area contributed by atoms with Crippen molar-refractivity contribution in [2.75, 3.05) is 26.8 Å². The molecule has 0 N–H and O–H groups in total. The van der Waals surface area contributed by atoms with Crippen molar-refractivity contribution in [3.63, 3.8) is 0 Å². The number of rotatable bonds is 8. The molecule has 0 unspecified atom stereocenters. The molecule has 20 heavy (non-hydrogen) atoms. The zero-order chi connectivity index (χ0) is 15.1. The summed E-state index contributed by atoms with van der Waals surface area (Å²) in [6.07, 6.45) is 2.28. The minimum Gasteiger partial charge on any atom is -0.383 e. The highest BCUT2D eigenvalue weighted by molar-refractivity contribution is 5.78. The molecular weight excluding hydrogens is 254 g/mol. The molecule has 0 spiro atoms. The molecule has 114 valence electrons. The van der Waals surface area contributed by atoms with E-state index < -0.39 is 0 Å². The van der Waals surface area contributed by atoms with E-state index in [0.717, 1.165) is 12.2 Å². The molecular formula is C15H27N3O2. The molecule has 1 aromatic heterocycles. The summed E-state index contributed by atoms with van der Waals surface area (Å²) in [5, 5.41) is 4.43. The quantitative estimate of drug-likeness (QED) is 0.733. The number of ether oxygens (including phenoxy) is 1. The fourth-order valence-corrected chi connectivity index (χ4v) is 1.99. The maximum atomic E-state index is 12.4. The molecule has 0 bridgehead atoms. The Bertz CT molecular complexity index is 413. The Kier molecular flexibility index (Phi) is 6.71. The van der Waals surface area contributed by atoms with Crippen LogP contribution in [0.3, 0.4) is 0 Å². The molecule has 5 heteroatoms. The molecule has 0 saturated carbocycles. The third-order valence-electron chi connectivity index (χ3n) is 3.03. The van der Waals surface area contributed by atoms with Crippen LogP contribution >= 0.6 is 0 Å². The lowest BCUT2D eigenvalue weighted by molar-refractivity contribution is -0.131. The van der Waals surface area contributed by atoms with E-state index in [2.05, 4.69) is 32.8 Å². The summed E-state index contributed by atoms with van der Waals surface area (Å²) in [7, 11) is 1.66. The standard InChI is InChI=1S/C15H27N3O2/c1-12(2)11-17(8-9-20-5)15(19)10-14-6-7-18(16-14)13(3)4/h6-7,12-13H,8-11H2,1-5H3. The average Bonchev–Trinajstić information content (AvgIpc) is 2.82. The van der Waals surface area contributed by atoms with E-state index >= 15 is 0 Å². The van der Waals surface area contributed by atoms with Crippen molar-refractivity contribution in [1.82, 2.24) is 14.7 Å². The van der Waals surface area contributed by atoms with Gasteiger partial charge in [0.05, 0.1) is 18.7 Å². The topological polar surface area (TPSA) is 47.4 Å². The number of aromatic nitrogens is 2. The van der Waals surface area contributed by atoms with Crippen molar-refractivity contribution < 1.29 is 9.53 Å². The maximum Gasteiger partial charge on any atom is 0.228 e. The van der Waals surface area contributed by atoms with E-state index in [0.29, 0.717) is 31.5 Å². The number of carbonyl (C=O) groups excluding carboxylic acids is 1. The first kappa shape index (κ1) is 16.7. The Morgan fingerprint density at radius 3 is 2.60 bits per heavy atom. The van der Waals surface area contributed by atoms with Crippen molar-refractivity contribution >= 4 is 5.91 Å². The summed E-state index contributed by atoms with van der Waals surface area (Å²) >= 11 is 0. The van der Waals surface area contributed by atoms with Gasteiger partial charge in [-0.25, -0.2) is 0 Å². The van der Waals surface area contributed by atoms with Crippen LogP contribution in [0.4, 0.5) is 0 Å². The second-order valence-corrected chi connectivity index (χ2v) is 5.78. The molecule has 1 amide bonds. The summed E-state index contributed by atoms with van der Waals surface area (Å²) in [6.45, 7) is 10.3. The van der Waals surface area contributed by atoms with Crippen molar-refractivity contribution in [2.24, 2.45) is 5.92 Å². The van der Waals surface area contributed by atoms with Gasteiger partial charge in [0.15, 0.2) is 0 Å². The lowest BCUT2D eigenvalue weighted by Crippen LogP contribution is -2.37. The van der Waals surface area contributed by atoms with E-state index in [-0.39, 0.29) is 5.91 Å². The minimum absolute atomic E-state index is 0.116. The fourth-order valence-electron chi connectivity index (χ4n) is 1.99. The summed E-state index contributed by atoms with van der Waals surface area (Å²) in [4.78, 5) is 14.2. The number of hydrogen-bond acceptors (Lipinski definition) is 3. The second kappa shape index (κ2) is 8.04. The molecule has 1 rings (SSSR count). The Morgan fingerprint density at radius 2 is 2.10 bits per heavy atom. The fraction of sp³-hybridized carbons (Fsp3) is 0.733. The second-order valence-electron chi connectivity index (χ2n) is 5.78. The van der Waals surface area contributed by atoms with Gasteiger partial charge in [-0.1, -0.05) is 13.8 Å². The molecule has 0 saturated heterocycles. The first-order chi connectivity index (χ1) is 9.43. The summed E-state index contributed by atoms with van der Waals surface area (Å²) in [5.74, 6) is 0.564. The van der Waals surface area contributed by atoms with Gasteiger partial charge in [-0.15, -0.1) is 0 Å². The van der Waals surface area contributed by atoms with Gasteiger partial charge in [0.25, 0.3) is 0 Å². The third kappa shape index (κ3) is 5.33. The van der Waals surface area contributed by atoms with Gasteiger partial charge < -0.3 is 9.64 Å². The normalized spacial score (nSPS) is 11.3. The van der Waals surface area contributed by atoms with E-state index in [1.807, 2.05) is 21.8 Å². The summed E-state index contributed by atoms with van der Waals surface area (Å²) < 4.78 is 6.96. The maximum absolute atomic E-state index is 12.4. The van der Waals surface area contributed by atoms with Crippen molar-refractivity contribution in [2.45, 2.75) is 40.2 Å². The smallest absolute Gasteiger partial charge is 0.228 e. The minimum atomic E-state index is 0.116. The van der Waals surface area contributed by atoms with Crippen LogP contribution in [-0.2, 0) is 16.0 Å². The highest BCUT2D eigenvalue weighted by Gasteiger charge is 2.16. The number of amides is 1. The van der Waals surface area contributed by atoms with Gasteiger partial charge in [-0.3, -0.25) is 9.48 Å². The molecule has 0 aliphatic rings. The average molecular weight is 281 g/mol. The van der Waals surface area contributed by atoms with Crippen LogP contribution in [-0.4, -0.2) is 47.4 Å². The SMILES string of the molecule is COCCN(CC(C)C)C(=O)Cc1ccn(C(C)C)n1. The van der Waals surface area contributed by atoms with E-state index in [9.17, 15) is 4.79 Å².